The quantitative estimate of drug-likeness (QED) is 0.647. The molecule has 0 aliphatic carbocycles. The first-order valence-electron chi connectivity index (χ1n) is 6.05. The van der Waals surface area contributed by atoms with Gasteiger partial charge in [0, 0.05) is 22.7 Å². The SMILES string of the molecule is CN(C)CCCNC(=O)/C=C/c1cc(Cl)ccc1Cl. The molecule has 0 bridgehead atoms. The molecular weight excluding hydrogens is 283 g/mol. The molecule has 0 aliphatic heterocycles. The van der Waals surface area contributed by atoms with E-state index in [9.17, 15) is 4.79 Å². The van der Waals surface area contributed by atoms with E-state index < -0.39 is 0 Å². The average molecular weight is 301 g/mol. The lowest BCUT2D eigenvalue weighted by atomic mass is 10.2. The molecule has 1 aromatic rings. The van der Waals surface area contributed by atoms with E-state index in [0.29, 0.717) is 16.6 Å². The largest absolute Gasteiger partial charge is 0.353 e. The Balaban J connectivity index is 2.43. The fourth-order valence-electron chi connectivity index (χ4n) is 1.47. The van der Waals surface area contributed by atoms with E-state index in [0.717, 1.165) is 18.5 Å². The average Bonchev–Trinajstić information content (AvgIpc) is 2.35. The maximum absolute atomic E-state index is 11.6. The van der Waals surface area contributed by atoms with Gasteiger partial charge in [0.25, 0.3) is 0 Å². The van der Waals surface area contributed by atoms with Gasteiger partial charge >= 0.3 is 0 Å². The topological polar surface area (TPSA) is 32.3 Å². The number of hydrogen-bond donors (Lipinski definition) is 1. The number of nitrogens with one attached hydrogen (secondary N) is 1. The van der Waals surface area contributed by atoms with Crippen molar-refractivity contribution in [2.75, 3.05) is 27.2 Å². The minimum Gasteiger partial charge on any atom is -0.353 e. The van der Waals surface area contributed by atoms with Crippen molar-refractivity contribution < 1.29 is 4.79 Å². The van der Waals surface area contributed by atoms with E-state index >= 15 is 0 Å². The van der Waals surface area contributed by atoms with E-state index in [1.54, 1.807) is 24.3 Å². The number of benzene rings is 1. The van der Waals surface area contributed by atoms with Crippen LogP contribution < -0.4 is 5.32 Å². The van der Waals surface area contributed by atoms with Gasteiger partial charge in [-0.3, -0.25) is 4.79 Å². The van der Waals surface area contributed by atoms with Gasteiger partial charge in [-0.15, -0.1) is 0 Å². The molecule has 0 saturated heterocycles. The van der Waals surface area contributed by atoms with E-state index in [1.807, 2.05) is 14.1 Å². The van der Waals surface area contributed by atoms with Crippen LogP contribution in [0.1, 0.15) is 12.0 Å². The first kappa shape index (κ1) is 16.0. The summed E-state index contributed by atoms with van der Waals surface area (Å²) in [7, 11) is 4.01. The normalized spacial score (nSPS) is 11.2. The maximum Gasteiger partial charge on any atom is 0.244 e. The third-order valence-corrected chi connectivity index (χ3v) is 3.03. The molecule has 104 valence electrons. The smallest absolute Gasteiger partial charge is 0.244 e. The minimum absolute atomic E-state index is 0.130. The Labute approximate surface area is 124 Å². The van der Waals surface area contributed by atoms with Gasteiger partial charge in [0.05, 0.1) is 0 Å². The van der Waals surface area contributed by atoms with Crippen molar-refractivity contribution in [1.29, 1.82) is 0 Å². The Bertz CT molecular complexity index is 459. The summed E-state index contributed by atoms with van der Waals surface area (Å²) in [6.07, 6.45) is 4.05. The maximum atomic E-state index is 11.6. The van der Waals surface area contributed by atoms with Crippen LogP contribution >= 0.6 is 23.2 Å². The van der Waals surface area contributed by atoms with Crippen molar-refractivity contribution in [3.8, 4) is 0 Å². The molecule has 0 unspecified atom stereocenters. The molecule has 1 rings (SSSR count). The summed E-state index contributed by atoms with van der Waals surface area (Å²) in [5.74, 6) is -0.130. The summed E-state index contributed by atoms with van der Waals surface area (Å²) in [5, 5.41) is 3.98. The first-order chi connectivity index (χ1) is 8.99. The Morgan fingerprint density at radius 2 is 2.11 bits per heavy atom. The minimum atomic E-state index is -0.130. The summed E-state index contributed by atoms with van der Waals surface area (Å²) >= 11 is 11.9. The van der Waals surface area contributed by atoms with Gasteiger partial charge in [-0.05, 0) is 56.9 Å². The molecule has 19 heavy (non-hydrogen) atoms. The predicted molar refractivity (Wildman–Crippen MR) is 81.7 cm³/mol. The van der Waals surface area contributed by atoms with E-state index in [4.69, 9.17) is 23.2 Å². The van der Waals surface area contributed by atoms with Gasteiger partial charge < -0.3 is 10.2 Å². The van der Waals surface area contributed by atoms with E-state index in [2.05, 4.69) is 10.2 Å². The molecular formula is C14H18Cl2N2O. The highest BCUT2D eigenvalue weighted by Crippen LogP contribution is 2.21. The number of rotatable bonds is 6. The molecule has 0 spiro atoms. The van der Waals surface area contributed by atoms with E-state index in [-0.39, 0.29) is 5.91 Å². The van der Waals surface area contributed by atoms with Crippen LogP contribution in [0.25, 0.3) is 6.08 Å². The molecule has 0 aliphatic rings. The van der Waals surface area contributed by atoms with Crippen molar-refractivity contribution in [1.82, 2.24) is 10.2 Å². The molecule has 1 aromatic carbocycles. The van der Waals surface area contributed by atoms with Crippen LogP contribution in [0.5, 0.6) is 0 Å². The predicted octanol–water partition coefficient (Wildman–Crippen LogP) is 3.07. The molecule has 0 aromatic heterocycles. The molecule has 0 heterocycles. The second kappa shape index (κ2) is 8.20. The number of carbonyl (C=O) groups excluding carboxylic acids is 1. The van der Waals surface area contributed by atoms with Crippen molar-refractivity contribution in [2.45, 2.75) is 6.42 Å². The zero-order valence-electron chi connectivity index (χ0n) is 11.1. The summed E-state index contributed by atoms with van der Waals surface area (Å²) < 4.78 is 0. The zero-order chi connectivity index (χ0) is 14.3. The lowest BCUT2D eigenvalue weighted by Crippen LogP contribution is -2.25. The Hall–Kier alpha value is -1.03. The van der Waals surface area contributed by atoms with Crippen LogP contribution in [-0.2, 0) is 4.79 Å². The van der Waals surface area contributed by atoms with Gasteiger partial charge in [0.15, 0.2) is 0 Å². The first-order valence-corrected chi connectivity index (χ1v) is 6.80. The molecule has 0 atom stereocenters. The number of carbonyl (C=O) groups is 1. The van der Waals surface area contributed by atoms with Gasteiger partial charge in [-0.2, -0.15) is 0 Å². The van der Waals surface area contributed by atoms with Crippen molar-refractivity contribution in [2.24, 2.45) is 0 Å². The summed E-state index contributed by atoms with van der Waals surface area (Å²) in [4.78, 5) is 13.6. The molecule has 1 N–H and O–H groups in total. The van der Waals surface area contributed by atoms with Gasteiger partial charge in [0.2, 0.25) is 5.91 Å². The zero-order valence-corrected chi connectivity index (χ0v) is 12.6. The number of hydrogen-bond acceptors (Lipinski definition) is 2. The van der Waals surface area contributed by atoms with Crippen LogP contribution in [0, 0.1) is 0 Å². The molecule has 0 saturated carbocycles. The van der Waals surface area contributed by atoms with Crippen molar-refractivity contribution in [3.63, 3.8) is 0 Å². The second-order valence-corrected chi connectivity index (χ2v) is 5.29. The van der Waals surface area contributed by atoms with Crippen LogP contribution in [0.15, 0.2) is 24.3 Å². The number of halogens is 2. The van der Waals surface area contributed by atoms with Crippen LogP contribution in [0.2, 0.25) is 10.0 Å². The Morgan fingerprint density at radius 1 is 1.37 bits per heavy atom. The number of amides is 1. The van der Waals surface area contributed by atoms with Crippen molar-refractivity contribution >= 4 is 35.2 Å². The summed E-state index contributed by atoms with van der Waals surface area (Å²) in [6.45, 7) is 1.61. The highest BCUT2D eigenvalue weighted by atomic mass is 35.5. The lowest BCUT2D eigenvalue weighted by Gasteiger charge is -2.08. The fraction of sp³-hybridized carbons (Fsp3) is 0.357. The van der Waals surface area contributed by atoms with Crippen LogP contribution in [0.3, 0.4) is 0 Å². The van der Waals surface area contributed by atoms with Gasteiger partial charge in [-0.25, -0.2) is 0 Å². The highest BCUT2D eigenvalue weighted by Gasteiger charge is 1.99. The summed E-state index contributed by atoms with van der Waals surface area (Å²) in [6, 6.07) is 5.14. The lowest BCUT2D eigenvalue weighted by molar-refractivity contribution is -0.116. The Kier molecular flexibility index (Phi) is 6.92. The summed E-state index contributed by atoms with van der Waals surface area (Å²) in [5.41, 5.74) is 0.734. The standard InChI is InChI=1S/C14H18Cl2N2O/c1-18(2)9-3-8-17-14(19)7-4-11-10-12(15)5-6-13(11)16/h4-7,10H,3,8-9H2,1-2H3,(H,17,19)/b7-4+. The molecule has 1 amide bonds. The molecule has 0 radical (unpaired) electrons. The fourth-order valence-corrected chi connectivity index (χ4v) is 1.83. The molecule has 5 heteroatoms. The monoisotopic (exact) mass is 300 g/mol. The number of nitrogens with zero attached hydrogens (tertiary/aromatic N) is 1. The van der Waals surface area contributed by atoms with Crippen molar-refractivity contribution in [3.05, 3.63) is 39.9 Å². The second-order valence-electron chi connectivity index (χ2n) is 4.45. The molecule has 0 fully saturated rings. The van der Waals surface area contributed by atoms with Gasteiger partial charge in [0.1, 0.15) is 0 Å². The van der Waals surface area contributed by atoms with E-state index in [1.165, 1.54) is 6.08 Å². The van der Waals surface area contributed by atoms with Crippen LogP contribution in [0.4, 0.5) is 0 Å². The Morgan fingerprint density at radius 3 is 2.79 bits per heavy atom. The van der Waals surface area contributed by atoms with Gasteiger partial charge in [-0.1, -0.05) is 23.2 Å². The highest BCUT2D eigenvalue weighted by molar-refractivity contribution is 6.34. The van der Waals surface area contributed by atoms with Crippen LogP contribution in [-0.4, -0.2) is 38.0 Å². The molecule has 3 nitrogen and oxygen atoms in total. The third-order valence-electron chi connectivity index (χ3n) is 2.45. The third kappa shape index (κ3) is 6.62.